The van der Waals surface area contributed by atoms with Crippen molar-refractivity contribution >= 4 is 22.8 Å². The zero-order valence-electron chi connectivity index (χ0n) is 12.1. The van der Waals surface area contributed by atoms with Gasteiger partial charge in [0.15, 0.2) is 5.82 Å². The van der Waals surface area contributed by atoms with E-state index in [0.717, 1.165) is 0 Å². The van der Waals surface area contributed by atoms with Crippen LogP contribution in [0.5, 0.6) is 0 Å². The third-order valence-electron chi connectivity index (χ3n) is 3.74. The number of imidazole rings is 1. The highest BCUT2D eigenvalue weighted by Gasteiger charge is 2.38. The molecule has 3 rings (SSSR count). The van der Waals surface area contributed by atoms with Gasteiger partial charge in [-0.2, -0.15) is 0 Å². The predicted octanol–water partition coefficient (Wildman–Crippen LogP) is 1.63. The van der Waals surface area contributed by atoms with Crippen LogP contribution in [0.3, 0.4) is 0 Å². The number of aliphatic hydroxyl groups excluding tert-OH is 1. The van der Waals surface area contributed by atoms with Crippen LogP contribution >= 0.6 is 0 Å². The minimum atomic E-state index is -2.68. The average molecular weight is 326 g/mol. The number of halogens is 2. The van der Waals surface area contributed by atoms with Crippen molar-refractivity contribution in [2.24, 2.45) is 5.41 Å². The van der Waals surface area contributed by atoms with E-state index >= 15 is 0 Å². The van der Waals surface area contributed by atoms with E-state index in [4.69, 9.17) is 4.74 Å². The quantitative estimate of drug-likeness (QED) is 0.671. The van der Waals surface area contributed by atoms with Crippen molar-refractivity contribution in [1.29, 1.82) is 0 Å². The Bertz CT molecular complexity index is 710. The largest absolute Gasteiger partial charge is 0.396 e. The second-order valence-corrected chi connectivity index (χ2v) is 5.61. The standard InChI is InChI=1S/C14H16F2N4O3/c15-11(16)12-19-9-2-1-8(3-10(9)20-12)18-13(22)17-4-14(5-21)6-23-7-14/h1-3,11,21H,4-7H2,(H,19,20)(H2,17,18,22). The number of urea groups is 1. The molecule has 1 aromatic carbocycles. The first-order valence-electron chi connectivity index (χ1n) is 7.03. The van der Waals surface area contributed by atoms with E-state index in [1.165, 1.54) is 6.07 Å². The Balaban J connectivity index is 1.62. The number of hydrogen-bond donors (Lipinski definition) is 4. The number of amides is 2. The number of aliphatic hydroxyl groups is 1. The van der Waals surface area contributed by atoms with E-state index in [2.05, 4.69) is 20.6 Å². The molecule has 0 spiro atoms. The number of ether oxygens (including phenoxy) is 1. The molecule has 9 heteroatoms. The van der Waals surface area contributed by atoms with Gasteiger partial charge in [-0.05, 0) is 18.2 Å². The number of carbonyl (C=O) groups is 1. The number of benzene rings is 1. The van der Waals surface area contributed by atoms with Crippen LogP contribution in [0.4, 0.5) is 19.3 Å². The van der Waals surface area contributed by atoms with Crippen LogP contribution in [0.2, 0.25) is 0 Å². The SMILES string of the molecule is O=C(NCC1(CO)COC1)Nc1ccc2nc(C(F)F)[nH]c2c1. The molecule has 0 saturated carbocycles. The van der Waals surface area contributed by atoms with Crippen molar-refractivity contribution < 1.29 is 23.4 Å². The smallest absolute Gasteiger partial charge is 0.319 e. The second kappa shape index (κ2) is 6.09. The summed E-state index contributed by atoms with van der Waals surface area (Å²) in [6.45, 7) is 1.03. The number of hydrogen-bond acceptors (Lipinski definition) is 4. The lowest BCUT2D eigenvalue weighted by Gasteiger charge is -2.39. The summed E-state index contributed by atoms with van der Waals surface area (Å²) < 4.78 is 30.2. The van der Waals surface area contributed by atoms with Crippen LogP contribution in [0.15, 0.2) is 18.2 Å². The zero-order chi connectivity index (χ0) is 16.4. The molecule has 1 saturated heterocycles. The van der Waals surface area contributed by atoms with Gasteiger partial charge in [0.2, 0.25) is 0 Å². The summed E-state index contributed by atoms with van der Waals surface area (Å²) in [5.74, 6) is -0.406. The average Bonchev–Trinajstić information content (AvgIpc) is 2.90. The van der Waals surface area contributed by atoms with Crippen LogP contribution in [0, 0.1) is 5.41 Å². The first kappa shape index (κ1) is 15.6. The Hall–Kier alpha value is -2.26. The molecular formula is C14H16F2N4O3. The highest BCUT2D eigenvalue weighted by molar-refractivity contribution is 5.91. The van der Waals surface area contributed by atoms with Crippen LogP contribution < -0.4 is 10.6 Å². The molecule has 1 aliphatic heterocycles. The number of carbonyl (C=O) groups excluding carboxylic acids is 1. The number of anilines is 1. The van der Waals surface area contributed by atoms with Gasteiger partial charge in [0.1, 0.15) is 0 Å². The Kier molecular flexibility index (Phi) is 4.14. The molecule has 0 radical (unpaired) electrons. The van der Waals surface area contributed by atoms with Gasteiger partial charge in [0.05, 0.1) is 36.3 Å². The Morgan fingerprint density at radius 2 is 2.26 bits per heavy atom. The highest BCUT2D eigenvalue weighted by Crippen LogP contribution is 2.26. The minimum Gasteiger partial charge on any atom is -0.396 e. The Labute approximate surface area is 130 Å². The van der Waals surface area contributed by atoms with Crippen LogP contribution in [-0.4, -0.2) is 47.5 Å². The molecule has 0 atom stereocenters. The number of rotatable bonds is 5. The molecule has 1 aromatic heterocycles. The lowest BCUT2D eigenvalue weighted by molar-refractivity contribution is -0.132. The number of aromatic nitrogens is 2. The second-order valence-electron chi connectivity index (χ2n) is 5.61. The molecule has 2 aromatic rings. The van der Waals surface area contributed by atoms with Gasteiger partial charge in [-0.3, -0.25) is 0 Å². The topological polar surface area (TPSA) is 99.3 Å². The van der Waals surface area contributed by atoms with Crippen LogP contribution in [-0.2, 0) is 4.74 Å². The van der Waals surface area contributed by atoms with E-state index in [0.29, 0.717) is 29.9 Å². The molecule has 0 aliphatic carbocycles. The van der Waals surface area contributed by atoms with E-state index in [-0.39, 0.29) is 13.2 Å². The summed E-state index contributed by atoms with van der Waals surface area (Å²) in [5, 5.41) is 14.6. The maximum absolute atomic E-state index is 12.6. The Morgan fingerprint density at radius 3 is 2.87 bits per heavy atom. The third kappa shape index (κ3) is 3.25. The molecule has 2 amide bonds. The first-order chi connectivity index (χ1) is 11.0. The number of fused-ring (bicyclic) bond motifs is 1. The molecule has 1 fully saturated rings. The van der Waals surface area contributed by atoms with Gasteiger partial charge in [0.25, 0.3) is 6.43 Å². The molecular weight excluding hydrogens is 310 g/mol. The van der Waals surface area contributed by atoms with Crippen LogP contribution in [0.25, 0.3) is 11.0 Å². The third-order valence-corrected chi connectivity index (χ3v) is 3.74. The molecule has 0 unspecified atom stereocenters. The maximum Gasteiger partial charge on any atom is 0.319 e. The maximum atomic E-state index is 12.6. The van der Waals surface area contributed by atoms with Gasteiger partial charge in [-0.1, -0.05) is 0 Å². The summed E-state index contributed by atoms with van der Waals surface area (Å²) in [6.07, 6.45) is -2.68. The van der Waals surface area contributed by atoms with E-state index < -0.39 is 23.7 Å². The van der Waals surface area contributed by atoms with E-state index in [9.17, 15) is 18.7 Å². The fourth-order valence-electron chi connectivity index (χ4n) is 2.29. The number of alkyl halides is 2. The summed E-state index contributed by atoms with van der Waals surface area (Å²) in [5.41, 5.74) is 0.841. The molecule has 124 valence electrons. The minimum absolute atomic E-state index is 0.0657. The lowest BCUT2D eigenvalue weighted by Crippen LogP contribution is -2.53. The van der Waals surface area contributed by atoms with Gasteiger partial charge >= 0.3 is 6.03 Å². The molecule has 1 aliphatic rings. The van der Waals surface area contributed by atoms with Crippen LogP contribution in [0.1, 0.15) is 12.2 Å². The van der Waals surface area contributed by atoms with Crippen molar-refractivity contribution in [3.8, 4) is 0 Å². The fourth-order valence-corrected chi connectivity index (χ4v) is 2.29. The fraction of sp³-hybridized carbons (Fsp3) is 0.429. The van der Waals surface area contributed by atoms with Gasteiger partial charge in [-0.15, -0.1) is 0 Å². The molecule has 4 N–H and O–H groups in total. The normalized spacial score (nSPS) is 16.3. The van der Waals surface area contributed by atoms with E-state index in [1.54, 1.807) is 12.1 Å². The summed E-state index contributed by atoms with van der Waals surface area (Å²) >= 11 is 0. The van der Waals surface area contributed by atoms with Crippen molar-refractivity contribution in [2.75, 3.05) is 31.7 Å². The van der Waals surface area contributed by atoms with Crippen molar-refractivity contribution in [2.45, 2.75) is 6.43 Å². The lowest BCUT2D eigenvalue weighted by atomic mass is 9.87. The van der Waals surface area contributed by atoms with Crippen molar-refractivity contribution in [3.05, 3.63) is 24.0 Å². The summed E-state index contributed by atoms with van der Waals surface area (Å²) in [4.78, 5) is 18.1. The number of nitrogens with zero attached hydrogens (tertiary/aromatic N) is 1. The monoisotopic (exact) mass is 326 g/mol. The summed E-state index contributed by atoms with van der Waals surface area (Å²) in [6, 6.07) is 4.20. The molecule has 23 heavy (non-hydrogen) atoms. The molecule has 0 bridgehead atoms. The molecule has 7 nitrogen and oxygen atoms in total. The first-order valence-corrected chi connectivity index (χ1v) is 7.03. The highest BCUT2D eigenvalue weighted by atomic mass is 19.3. The summed E-state index contributed by atoms with van der Waals surface area (Å²) in [7, 11) is 0. The van der Waals surface area contributed by atoms with Gasteiger partial charge in [0, 0.05) is 12.2 Å². The zero-order valence-corrected chi connectivity index (χ0v) is 12.1. The van der Waals surface area contributed by atoms with E-state index in [1.807, 2.05) is 0 Å². The number of aromatic amines is 1. The van der Waals surface area contributed by atoms with Crippen molar-refractivity contribution in [1.82, 2.24) is 15.3 Å². The Morgan fingerprint density at radius 1 is 1.48 bits per heavy atom. The van der Waals surface area contributed by atoms with Gasteiger partial charge < -0.3 is 25.5 Å². The predicted molar refractivity (Wildman–Crippen MR) is 78.4 cm³/mol. The number of nitrogens with one attached hydrogen (secondary N) is 3. The van der Waals surface area contributed by atoms with Gasteiger partial charge in [-0.25, -0.2) is 18.6 Å². The van der Waals surface area contributed by atoms with Crippen molar-refractivity contribution in [3.63, 3.8) is 0 Å². The molecule has 2 heterocycles. The number of H-pyrrole nitrogens is 1.